The van der Waals surface area contributed by atoms with E-state index in [2.05, 4.69) is 46.8 Å². The molecule has 0 fully saturated rings. The summed E-state index contributed by atoms with van der Waals surface area (Å²) < 4.78 is 6.90. The average molecular weight is 333 g/mol. The molecule has 0 atom stereocenters. The van der Waals surface area contributed by atoms with E-state index >= 15 is 0 Å². The van der Waals surface area contributed by atoms with Gasteiger partial charge in [0.05, 0.1) is 6.61 Å². The first-order valence-corrected chi connectivity index (χ1v) is 7.68. The van der Waals surface area contributed by atoms with Crippen molar-refractivity contribution in [3.05, 3.63) is 27.7 Å². The standard InChI is InChI=1S/C14H19BrClNO/c1-10(2)17(5-4-16)9-12-8-13(15)7-11-3-6-18-14(11)12/h7-8,10H,3-6,9H2,1-2H3. The van der Waals surface area contributed by atoms with Gasteiger partial charge in [0, 0.05) is 41.5 Å². The van der Waals surface area contributed by atoms with Gasteiger partial charge >= 0.3 is 0 Å². The fourth-order valence-electron chi connectivity index (χ4n) is 2.31. The third-order valence-electron chi connectivity index (χ3n) is 3.30. The van der Waals surface area contributed by atoms with Crippen molar-refractivity contribution in [1.29, 1.82) is 0 Å². The number of benzene rings is 1. The normalized spacial score (nSPS) is 14.1. The lowest BCUT2D eigenvalue weighted by Crippen LogP contribution is -2.32. The van der Waals surface area contributed by atoms with Gasteiger partial charge in [-0.25, -0.2) is 0 Å². The molecule has 1 aromatic carbocycles. The van der Waals surface area contributed by atoms with Crippen molar-refractivity contribution in [1.82, 2.24) is 4.90 Å². The molecule has 2 rings (SSSR count). The van der Waals surface area contributed by atoms with Crippen LogP contribution in [0.25, 0.3) is 0 Å². The summed E-state index contributed by atoms with van der Waals surface area (Å²) in [5.74, 6) is 1.74. The fourth-order valence-corrected chi connectivity index (χ4v) is 3.08. The number of fused-ring (bicyclic) bond motifs is 1. The van der Waals surface area contributed by atoms with Gasteiger partial charge in [0.1, 0.15) is 5.75 Å². The van der Waals surface area contributed by atoms with Crippen LogP contribution in [-0.4, -0.2) is 30.0 Å². The van der Waals surface area contributed by atoms with Gasteiger partial charge < -0.3 is 4.74 Å². The monoisotopic (exact) mass is 331 g/mol. The van der Waals surface area contributed by atoms with Gasteiger partial charge in [-0.15, -0.1) is 11.6 Å². The zero-order valence-electron chi connectivity index (χ0n) is 10.9. The number of ether oxygens (including phenoxy) is 1. The van der Waals surface area contributed by atoms with E-state index in [1.165, 1.54) is 11.1 Å². The number of hydrogen-bond acceptors (Lipinski definition) is 2. The second-order valence-electron chi connectivity index (χ2n) is 4.90. The highest BCUT2D eigenvalue weighted by molar-refractivity contribution is 9.10. The Morgan fingerprint density at radius 1 is 1.44 bits per heavy atom. The molecule has 1 aromatic rings. The maximum atomic E-state index is 5.87. The number of hydrogen-bond donors (Lipinski definition) is 0. The summed E-state index contributed by atoms with van der Waals surface area (Å²) >= 11 is 9.45. The maximum Gasteiger partial charge on any atom is 0.127 e. The predicted molar refractivity (Wildman–Crippen MR) is 79.6 cm³/mol. The second kappa shape index (κ2) is 6.27. The molecule has 1 heterocycles. The number of nitrogens with zero attached hydrogens (tertiary/aromatic N) is 1. The first kappa shape index (κ1) is 14.2. The molecule has 0 spiro atoms. The SMILES string of the molecule is CC(C)N(CCCl)Cc1cc(Br)cc2c1OCC2. The number of alkyl halides is 1. The summed E-state index contributed by atoms with van der Waals surface area (Å²) in [6.07, 6.45) is 1.01. The Morgan fingerprint density at radius 2 is 2.22 bits per heavy atom. The molecule has 0 aromatic heterocycles. The summed E-state index contributed by atoms with van der Waals surface area (Å²) in [5, 5.41) is 0. The third kappa shape index (κ3) is 3.19. The van der Waals surface area contributed by atoms with Crippen molar-refractivity contribution >= 4 is 27.5 Å². The van der Waals surface area contributed by atoms with Crippen LogP contribution in [0.4, 0.5) is 0 Å². The minimum Gasteiger partial charge on any atom is -0.493 e. The van der Waals surface area contributed by atoms with E-state index in [4.69, 9.17) is 16.3 Å². The molecule has 4 heteroatoms. The van der Waals surface area contributed by atoms with Crippen molar-refractivity contribution < 1.29 is 4.74 Å². The summed E-state index contributed by atoms with van der Waals surface area (Å²) in [7, 11) is 0. The van der Waals surface area contributed by atoms with Gasteiger partial charge in [-0.05, 0) is 31.5 Å². The van der Waals surface area contributed by atoms with E-state index in [9.17, 15) is 0 Å². The van der Waals surface area contributed by atoms with Crippen LogP contribution < -0.4 is 4.74 Å². The highest BCUT2D eigenvalue weighted by atomic mass is 79.9. The van der Waals surface area contributed by atoms with Crippen LogP contribution in [0.3, 0.4) is 0 Å². The van der Waals surface area contributed by atoms with Crippen molar-refractivity contribution in [3.63, 3.8) is 0 Å². The molecule has 1 aliphatic rings. The zero-order chi connectivity index (χ0) is 13.1. The Hall–Kier alpha value is -0.250. The molecule has 0 N–H and O–H groups in total. The summed E-state index contributed by atoms with van der Waals surface area (Å²) in [5.41, 5.74) is 2.57. The van der Waals surface area contributed by atoms with Gasteiger partial charge in [-0.3, -0.25) is 4.90 Å². The molecule has 0 amide bonds. The average Bonchev–Trinajstić information content (AvgIpc) is 2.76. The highest BCUT2D eigenvalue weighted by Gasteiger charge is 2.20. The molecule has 0 bridgehead atoms. The summed E-state index contributed by atoms with van der Waals surface area (Å²) in [6.45, 7) is 7.00. The van der Waals surface area contributed by atoms with Crippen molar-refractivity contribution in [2.75, 3.05) is 19.0 Å². The van der Waals surface area contributed by atoms with E-state index in [-0.39, 0.29) is 0 Å². The molecule has 0 saturated heterocycles. The van der Waals surface area contributed by atoms with Gasteiger partial charge in [0.25, 0.3) is 0 Å². The van der Waals surface area contributed by atoms with Crippen LogP contribution in [0.5, 0.6) is 5.75 Å². The Balaban J connectivity index is 2.22. The van der Waals surface area contributed by atoms with Crippen LogP contribution in [0, 0.1) is 0 Å². The molecule has 0 saturated carbocycles. The molecule has 2 nitrogen and oxygen atoms in total. The lowest BCUT2D eigenvalue weighted by atomic mass is 10.1. The number of rotatable bonds is 5. The van der Waals surface area contributed by atoms with E-state index in [0.717, 1.165) is 36.3 Å². The van der Waals surface area contributed by atoms with Gasteiger partial charge in [-0.1, -0.05) is 15.9 Å². The highest BCUT2D eigenvalue weighted by Crippen LogP contribution is 2.33. The van der Waals surface area contributed by atoms with Crippen LogP contribution in [0.15, 0.2) is 16.6 Å². The molecule has 18 heavy (non-hydrogen) atoms. The summed E-state index contributed by atoms with van der Waals surface area (Å²) in [6, 6.07) is 4.81. The fraction of sp³-hybridized carbons (Fsp3) is 0.571. The van der Waals surface area contributed by atoms with E-state index in [1.807, 2.05) is 0 Å². The van der Waals surface area contributed by atoms with Crippen molar-refractivity contribution in [2.45, 2.75) is 32.9 Å². The van der Waals surface area contributed by atoms with E-state index in [1.54, 1.807) is 0 Å². The van der Waals surface area contributed by atoms with Gasteiger partial charge in [-0.2, -0.15) is 0 Å². The second-order valence-corrected chi connectivity index (χ2v) is 6.20. The summed E-state index contributed by atoms with van der Waals surface area (Å²) in [4.78, 5) is 2.37. The minimum atomic E-state index is 0.486. The molecule has 0 aliphatic carbocycles. The Kier molecular flexibility index (Phi) is 4.93. The van der Waals surface area contributed by atoms with Crippen molar-refractivity contribution in [2.24, 2.45) is 0 Å². The predicted octanol–water partition coefficient (Wildman–Crippen LogP) is 3.83. The zero-order valence-corrected chi connectivity index (χ0v) is 13.2. The van der Waals surface area contributed by atoms with Gasteiger partial charge in [0.15, 0.2) is 0 Å². The molecule has 100 valence electrons. The van der Waals surface area contributed by atoms with Crippen LogP contribution in [-0.2, 0) is 13.0 Å². The number of halogens is 2. The molecule has 0 radical (unpaired) electrons. The van der Waals surface area contributed by atoms with Crippen LogP contribution in [0.2, 0.25) is 0 Å². The maximum absolute atomic E-state index is 5.87. The van der Waals surface area contributed by atoms with Gasteiger partial charge in [0.2, 0.25) is 0 Å². The quantitative estimate of drug-likeness (QED) is 0.760. The van der Waals surface area contributed by atoms with Crippen LogP contribution >= 0.6 is 27.5 Å². The topological polar surface area (TPSA) is 12.5 Å². The molecular weight excluding hydrogens is 314 g/mol. The van der Waals surface area contributed by atoms with Crippen molar-refractivity contribution in [3.8, 4) is 5.75 Å². The first-order valence-electron chi connectivity index (χ1n) is 6.36. The largest absolute Gasteiger partial charge is 0.493 e. The lowest BCUT2D eigenvalue weighted by molar-refractivity contribution is 0.222. The smallest absolute Gasteiger partial charge is 0.127 e. The molecule has 1 aliphatic heterocycles. The molecule has 0 unspecified atom stereocenters. The Morgan fingerprint density at radius 3 is 2.89 bits per heavy atom. The Labute approximate surface area is 122 Å². The molecular formula is C14H19BrClNO. The van der Waals surface area contributed by atoms with Crippen LogP contribution in [0.1, 0.15) is 25.0 Å². The Bertz CT molecular complexity index is 423. The lowest BCUT2D eigenvalue weighted by Gasteiger charge is -2.26. The third-order valence-corrected chi connectivity index (χ3v) is 3.93. The minimum absolute atomic E-state index is 0.486. The van der Waals surface area contributed by atoms with E-state index < -0.39 is 0 Å². The first-order chi connectivity index (χ1) is 8.61. The van der Waals surface area contributed by atoms with E-state index in [0.29, 0.717) is 11.9 Å².